The molecule has 9 N–H and O–H groups in total. The van der Waals surface area contributed by atoms with E-state index in [0.29, 0.717) is 76.7 Å². The van der Waals surface area contributed by atoms with Gasteiger partial charge >= 0.3 is 30.2 Å². The molecule has 0 radical (unpaired) electrons. The number of nitrogens with two attached hydrogens (primary N) is 1. The maximum Gasteiger partial charge on any atom is 0.410 e. The summed E-state index contributed by atoms with van der Waals surface area (Å²) in [6, 6.07) is 26.9. The van der Waals surface area contributed by atoms with Crippen LogP contribution in [0.25, 0.3) is 10.4 Å². The largest absolute Gasteiger partial charge is 0.467 e. The Balaban J connectivity index is 0.000000473. The van der Waals surface area contributed by atoms with E-state index >= 15 is 0 Å². The minimum atomic E-state index is -3.47. The third kappa shape index (κ3) is 41.5. The van der Waals surface area contributed by atoms with E-state index in [-0.39, 0.29) is 114 Å². The van der Waals surface area contributed by atoms with Crippen LogP contribution in [0.1, 0.15) is 202 Å². The lowest BCUT2D eigenvalue weighted by Gasteiger charge is -2.27. The Morgan fingerprint density at radius 2 is 1.02 bits per heavy atom. The van der Waals surface area contributed by atoms with Crippen molar-refractivity contribution in [2.45, 2.75) is 263 Å². The summed E-state index contributed by atoms with van der Waals surface area (Å²) >= 11 is 0. The van der Waals surface area contributed by atoms with Gasteiger partial charge in [0.25, 0.3) is 5.91 Å². The molecule has 0 aromatic heterocycles. The van der Waals surface area contributed by atoms with Gasteiger partial charge in [0.2, 0.25) is 21.8 Å². The lowest BCUT2D eigenvalue weighted by atomic mass is 9.98. The Labute approximate surface area is 723 Å². The molecule has 6 amide bonds. The molecule has 7 unspecified atom stereocenters. The van der Waals surface area contributed by atoms with E-state index in [2.05, 4.69) is 73.2 Å². The number of nitriles is 3. The van der Waals surface area contributed by atoms with Crippen molar-refractivity contribution in [3.05, 3.63) is 113 Å². The second-order valence-corrected chi connectivity index (χ2v) is 34.8. The number of nitrogens with one attached hydrogen (secondary N) is 5. The number of hydrogen-bond acceptors (Lipinski definition) is 26. The molecule has 7 aliphatic rings. The maximum absolute atomic E-state index is 12.1. The zero-order valence-corrected chi connectivity index (χ0v) is 75.4. The SMILES string of the molecule is CC(C)(C)OC(=O)N1CCCC1CN.CC(C)(C)OC(=O)N1CCCC1CN=[N+]=[N-].CC(C)(C)OC(=O)N1CCCC1CO.CC(C)C(=O)OCc1ccccc1.CC[C@H](C)[C@H](NC)C(=O)NCC1CCCN1C#N.CO.COC(=O)C1CCC(=O)N1.N#CN1CCCC1CNC(=O)c1ccccc1.N#CN1CCCC1CNS(=O)(=O)c1ccccc1. The van der Waals surface area contributed by atoms with Gasteiger partial charge in [0.15, 0.2) is 18.6 Å². The predicted octanol–water partition coefficient (Wildman–Crippen LogP) is 9.81. The summed E-state index contributed by atoms with van der Waals surface area (Å²) in [7, 11) is 0.660. The van der Waals surface area contributed by atoms with Crippen molar-refractivity contribution >= 4 is 58.0 Å². The standard InChI is InChI=1S/C13H24N4O.C13H15N3O.C12H15N3O2S.C11H14O2.C10H18N4O2.C10H20N2O2.C10H19NO3.C6H9NO3.CH4O/c1-4-10(2)12(15-3)13(18)16-8-11-6-5-7-17(11)9-14;14-10-16-8-4-7-12(16)9-15-13(17)11-5-2-1-3-6-11;13-10-15-8-4-5-11(15)9-14-18(16,17)12-6-2-1-3-7-12;1-9(2)11(12)13-8-10-6-4-3-5-7-10;1-10(2,3)16-9(15)14-6-4-5-8(14)7-12-13-11;1-10(2,3)14-9(13)12-6-4-5-8(12)7-11;1-10(2,3)14-9(13)11-6-4-5-8(11)7-12;1-10-6(9)4-2-3-5(8)7-4;1-2/h10-12,15H,4-8H2,1-3H3,(H,16,18);1-3,5-6,12H,4,7-9H2,(H,15,17);1-3,6-7,11,14H,4-5,8-9H2;3-7,9H,8H2,1-2H3;8H,4-7H2,1-3H3;8H,4-7,11H2,1-3H3;8,12H,4-7H2,1-3H3;4H,2-3H2,1H3,(H,7,8);2H,1H3/t10-,11?,12-;;;;;;;;/m0......../s1. The van der Waals surface area contributed by atoms with E-state index in [4.69, 9.17) is 56.2 Å². The van der Waals surface area contributed by atoms with Gasteiger partial charge in [0.1, 0.15) is 29.5 Å². The van der Waals surface area contributed by atoms with Crippen LogP contribution in [-0.4, -0.2) is 261 Å². The molecule has 122 heavy (non-hydrogen) atoms. The number of likely N-dealkylation sites (N-methyl/N-ethyl adjacent to an activating group) is 1. The lowest BCUT2D eigenvalue weighted by molar-refractivity contribution is -0.148. The number of carbonyl (C=O) groups is 8. The van der Waals surface area contributed by atoms with Crippen molar-refractivity contribution in [2.24, 2.45) is 22.7 Å². The average Bonchev–Trinajstić information content (AvgIpc) is 1.15. The van der Waals surface area contributed by atoms with Crippen LogP contribution < -0.4 is 31.7 Å². The van der Waals surface area contributed by atoms with Gasteiger partial charge in [-0.2, -0.15) is 15.8 Å². The van der Waals surface area contributed by atoms with Crippen molar-refractivity contribution < 1.29 is 80.7 Å². The Hall–Kier alpha value is -10.3. The number of azide groups is 1. The summed E-state index contributed by atoms with van der Waals surface area (Å²) < 4.78 is 51.8. The first kappa shape index (κ1) is 108. The minimum Gasteiger partial charge on any atom is -0.467 e. The smallest absolute Gasteiger partial charge is 0.410 e. The third-order valence-electron chi connectivity index (χ3n) is 20.0. The average molecular weight is 1730 g/mol. The molecule has 10 rings (SSSR count). The molecule has 3 aromatic carbocycles. The molecule has 0 spiro atoms. The highest BCUT2D eigenvalue weighted by Gasteiger charge is 2.36. The number of esters is 2. The monoisotopic (exact) mass is 1730 g/mol. The number of ether oxygens (including phenoxy) is 5. The molecular formula is C86H138N18O17S. The van der Waals surface area contributed by atoms with Crippen LogP contribution >= 0.6 is 0 Å². The molecule has 0 bridgehead atoms. The Morgan fingerprint density at radius 3 is 1.43 bits per heavy atom. The number of amides is 6. The maximum atomic E-state index is 12.1. The molecule has 0 saturated carbocycles. The summed E-state index contributed by atoms with van der Waals surface area (Å²) in [6.45, 7) is 31.6. The first-order chi connectivity index (χ1) is 57.8. The Morgan fingerprint density at radius 1 is 0.615 bits per heavy atom. The molecule has 36 heteroatoms. The molecule has 0 aliphatic carbocycles. The highest BCUT2D eigenvalue weighted by Crippen LogP contribution is 2.25. The molecule has 3 aromatic rings. The van der Waals surface area contributed by atoms with Crippen molar-refractivity contribution in [3.63, 3.8) is 0 Å². The number of aliphatic hydroxyl groups excluding tert-OH is 2. The van der Waals surface area contributed by atoms with Crippen LogP contribution in [0.3, 0.4) is 0 Å². The quantitative estimate of drug-likeness (QED) is 0.0123. The zero-order chi connectivity index (χ0) is 91.6. The predicted molar refractivity (Wildman–Crippen MR) is 462 cm³/mol. The second-order valence-electron chi connectivity index (χ2n) is 33.1. The van der Waals surface area contributed by atoms with Crippen LogP contribution in [0.5, 0.6) is 0 Å². The number of methoxy groups -OCH3 is 1. The fourth-order valence-corrected chi connectivity index (χ4v) is 14.4. The first-order valence-electron chi connectivity index (χ1n) is 42.0. The van der Waals surface area contributed by atoms with Crippen LogP contribution in [-0.2, 0) is 59.5 Å². The van der Waals surface area contributed by atoms with Gasteiger partial charge in [-0.05, 0) is 194 Å². The number of hydrogen-bond donors (Lipinski definition) is 8. The fraction of sp³-hybridized carbons (Fsp3) is 0.663. The number of aliphatic hydroxyl groups is 2. The van der Waals surface area contributed by atoms with Gasteiger partial charge in [0, 0.05) is 108 Å². The number of carbonyl (C=O) groups excluding carboxylic acids is 8. The van der Waals surface area contributed by atoms with E-state index in [1.165, 1.54) is 7.11 Å². The van der Waals surface area contributed by atoms with Crippen LogP contribution in [0.2, 0.25) is 0 Å². The normalized spacial score (nSPS) is 19.8. The van der Waals surface area contributed by atoms with Gasteiger partial charge in [-0.15, -0.1) is 0 Å². The number of rotatable bonds is 21. The summed E-state index contributed by atoms with van der Waals surface area (Å²) in [5.74, 6) is -0.355. The van der Waals surface area contributed by atoms with Crippen LogP contribution in [0, 0.1) is 46.2 Å². The van der Waals surface area contributed by atoms with Crippen molar-refractivity contribution in [1.82, 2.24) is 55.4 Å². The Bertz CT molecular complexity index is 3860. The van der Waals surface area contributed by atoms with E-state index in [9.17, 15) is 46.8 Å². The van der Waals surface area contributed by atoms with Gasteiger partial charge in [-0.25, -0.2) is 32.3 Å². The fourth-order valence-electron chi connectivity index (χ4n) is 13.3. The topological polar surface area (TPSA) is 483 Å². The molecular weight excluding hydrogens is 1590 g/mol. The van der Waals surface area contributed by atoms with E-state index < -0.39 is 32.9 Å². The molecule has 35 nitrogen and oxygen atoms in total. The summed E-state index contributed by atoms with van der Waals surface area (Å²) in [5.41, 5.74) is 14.2. The number of nitrogens with zero attached hydrogens (tertiary/aromatic N) is 12. The Kier molecular flexibility index (Phi) is 50.5. The number of likely N-dealkylation sites (tertiary alicyclic amines) is 6. The summed E-state index contributed by atoms with van der Waals surface area (Å²) in [5, 5.41) is 57.6. The van der Waals surface area contributed by atoms with E-state index in [1.807, 2.05) is 132 Å². The van der Waals surface area contributed by atoms with Crippen molar-refractivity contribution in [3.8, 4) is 18.6 Å². The van der Waals surface area contributed by atoms with E-state index in [1.54, 1.807) is 71.9 Å². The summed E-state index contributed by atoms with van der Waals surface area (Å²) in [4.78, 5) is 104. The highest BCUT2D eigenvalue weighted by molar-refractivity contribution is 7.89. The van der Waals surface area contributed by atoms with Gasteiger partial charge < -0.3 is 90.3 Å². The van der Waals surface area contributed by atoms with Crippen molar-refractivity contribution in [2.75, 3.05) is 99.9 Å². The minimum absolute atomic E-state index is 0.00856. The van der Waals surface area contributed by atoms with Gasteiger partial charge in [-0.1, -0.05) is 106 Å². The molecule has 7 aliphatic heterocycles. The van der Waals surface area contributed by atoms with Gasteiger partial charge in [-0.3, -0.25) is 19.2 Å². The third-order valence-corrected chi connectivity index (χ3v) is 21.4. The van der Waals surface area contributed by atoms with E-state index in [0.717, 1.165) is 116 Å². The first-order valence-corrected chi connectivity index (χ1v) is 43.5. The molecule has 7 heterocycles. The molecule has 7 fully saturated rings. The highest BCUT2D eigenvalue weighted by atomic mass is 32.2. The molecule has 680 valence electrons. The molecule has 9 atom stereocenters. The number of benzene rings is 3. The van der Waals surface area contributed by atoms with Crippen LogP contribution in [0.15, 0.2) is 101 Å². The summed E-state index contributed by atoms with van der Waals surface area (Å²) in [6.07, 6.45) is 19.0. The van der Waals surface area contributed by atoms with Crippen molar-refractivity contribution in [1.29, 1.82) is 15.8 Å². The molecule has 7 saturated heterocycles. The lowest BCUT2D eigenvalue weighted by Crippen LogP contribution is -2.49. The van der Waals surface area contributed by atoms with Gasteiger partial charge in [0.05, 0.1) is 54.7 Å². The second kappa shape index (κ2) is 57.2. The van der Waals surface area contributed by atoms with Crippen LogP contribution in [0.4, 0.5) is 14.4 Å². The zero-order valence-electron chi connectivity index (χ0n) is 74.6. The number of sulfonamides is 1.